The zero-order valence-electron chi connectivity index (χ0n) is 12.3. The first-order chi connectivity index (χ1) is 10.1. The molecule has 0 aliphatic carbocycles. The lowest BCUT2D eigenvalue weighted by atomic mass is 10.2. The molecule has 112 valence electrons. The molecule has 0 radical (unpaired) electrons. The Bertz CT molecular complexity index is 605. The van der Waals surface area contributed by atoms with Crippen molar-refractivity contribution in [3.63, 3.8) is 0 Å². The van der Waals surface area contributed by atoms with Crippen molar-refractivity contribution in [3.8, 4) is 11.4 Å². The predicted molar refractivity (Wildman–Crippen MR) is 82.9 cm³/mol. The highest BCUT2D eigenvalue weighted by atomic mass is 32.1. The Morgan fingerprint density at radius 2 is 2.10 bits per heavy atom. The Labute approximate surface area is 128 Å². The number of halogens is 1. The van der Waals surface area contributed by atoms with Crippen LogP contribution in [-0.4, -0.2) is 41.0 Å². The van der Waals surface area contributed by atoms with Crippen LogP contribution < -0.4 is 5.32 Å². The third-order valence-corrected chi connectivity index (χ3v) is 4.98. The van der Waals surface area contributed by atoms with Crippen molar-refractivity contribution in [1.82, 2.24) is 20.2 Å². The fraction of sp³-hybridized carbons (Fsp3) is 0.467. The van der Waals surface area contributed by atoms with Gasteiger partial charge in [0, 0.05) is 31.1 Å². The van der Waals surface area contributed by atoms with Crippen molar-refractivity contribution in [3.05, 3.63) is 34.0 Å². The molecule has 3 rings (SSSR count). The van der Waals surface area contributed by atoms with Gasteiger partial charge in [-0.1, -0.05) is 0 Å². The number of hydrogen-bond donors (Lipinski definition) is 1. The molecular formula is C15H19FN4S. The molecule has 1 N–H and O–H groups in total. The summed E-state index contributed by atoms with van der Waals surface area (Å²) in [6, 6.07) is 3.43. The van der Waals surface area contributed by atoms with Crippen molar-refractivity contribution in [1.29, 1.82) is 0 Å². The summed E-state index contributed by atoms with van der Waals surface area (Å²) < 4.78 is 13.0. The second-order valence-electron chi connectivity index (χ2n) is 5.28. The fourth-order valence-corrected chi connectivity index (χ4v) is 3.59. The molecule has 6 heteroatoms. The number of hydrogen-bond acceptors (Lipinski definition) is 5. The van der Waals surface area contributed by atoms with Crippen molar-refractivity contribution < 1.29 is 4.39 Å². The van der Waals surface area contributed by atoms with Gasteiger partial charge in [0.1, 0.15) is 16.5 Å². The first-order valence-corrected chi connectivity index (χ1v) is 8.01. The van der Waals surface area contributed by atoms with Gasteiger partial charge in [-0.15, -0.1) is 11.3 Å². The molecule has 3 heterocycles. The first kappa shape index (κ1) is 14.6. The first-order valence-electron chi connectivity index (χ1n) is 7.19. The minimum atomic E-state index is -0.318. The van der Waals surface area contributed by atoms with Crippen LogP contribution in [-0.2, 0) is 0 Å². The molecule has 0 aromatic carbocycles. The van der Waals surface area contributed by atoms with Gasteiger partial charge >= 0.3 is 0 Å². The number of thiazole rings is 1. The number of nitrogens with zero attached hydrogens (tertiary/aromatic N) is 3. The highest BCUT2D eigenvalue weighted by Gasteiger charge is 2.22. The number of aryl methyl sites for hydroxylation is 1. The standard InChI is InChI=1S/C15H19FN4S/c1-10(20-7-5-17-6-8-20)15-19-14(11(2)21-15)13-4-3-12(16)9-18-13/h3-4,9-10,17H,5-8H2,1-2H3. The fourth-order valence-electron chi connectivity index (χ4n) is 2.57. The van der Waals surface area contributed by atoms with Crippen LogP contribution in [0.25, 0.3) is 11.4 Å². The summed E-state index contributed by atoms with van der Waals surface area (Å²) in [6.45, 7) is 8.40. The highest BCUT2D eigenvalue weighted by molar-refractivity contribution is 7.12. The molecule has 0 spiro atoms. The molecule has 0 saturated carbocycles. The maximum absolute atomic E-state index is 13.0. The molecule has 1 fully saturated rings. The van der Waals surface area contributed by atoms with Crippen LogP contribution in [0.4, 0.5) is 4.39 Å². The topological polar surface area (TPSA) is 41.0 Å². The van der Waals surface area contributed by atoms with E-state index in [1.165, 1.54) is 12.3 Å². The summed E-state index contributed by atoms with van der Waals surface area (Å²) in [5.41, 5.74) is 1.61. The van der Waals surface area contributed by atoms with Crippen molar-refractivity contribution in [2.24, 2.45) is 0 Å². The van der Waals surface area contributed by atoms with Crippen LogP contribution in [0.5, 0.6) is 0 Å². The Morgan fingerprint density at radius 3 is 2.76 bits per heavy atom. The van der Waals surface area contributed by atoms with Gasteiger partial charge in [-0.25, -0.2) is 9.37 Å². The quantitative estimate of drug-likeness (QED) is 0.946. The van der Waals surface area contributed by atoms with E-state index in [2.05, 4.69) is 22.1 Å². The second-order valence-corrected chi connectivity index (χ2v) is 6.52. The number of piperazine rings is 1. The molecule has 2 aromatic rings. The Kier molecular flexibility index (Phi) is 4.28. The minimum Gasteiger partial charge on any atom is -0.314 e. The molecule has 1 aliphatic heterocycles. The van der Waals surface area contributed by atoms with E-state index in [9.17, 15) is 4.39 Å². The van der Waals surface area contributed by atoms with Crippen LogP contribution in [0.3, 0.4) is 0 Å². The highest BCUT2D eigenvalue weighted by Crippen LogP contribution is 2.31. The third kappa shape index (κ3) is 3.12. The second kappa shape index (κ2) is 6.17. The van der Waals surface area contributed by atoms with E-state index < -0.39 is 0 Å². The molecule has 1 saturated heterocycles. The van der Waals surface area contributed by atoms with E-state index in [-0.39, 0.29) is 5.82 Å². The van der Waals surface area contributed by atoms with Crippen LogP contribution in [0.2, 0.25) is 0 Å². The molecule has 1 unspecified atom stereocenters. The largest absolute Gasteiger partial charge is 0.314 e. The lowest BCUT2D eigenvalue weighted by Crippen LogP contribution is -2.44. The van der Waals surface area contributed by atoms with Crippen molar-refractivity contribution >= 4 is 11.3 Å². The molecule has 0 amide bonds. The SMILES string of the molecule is Cc1sc(C(C)N2CCNCC2)nc1-c1ccc(F)cn1. The molecule has 4 nitrogen and oxygen atoms in total. The van der Waals surface area contributed by atoms with Crippen LogP contribution in [0, 0.1) is 12.7 Å². The zero-order valence-corrected chi connectivity index (χ0v) is 13.1. The van der Waals surface area contributed by atoms with Crippen molar-refractivity contribution in [2.75, 3.05) is 26.2 Å². The van der Waals surface area contributed by atoms with E-state index in [4.69, 9.17) is 4.98 Å². The van der Waals surface area contributed by atoms with Crippen LogP contribution >= 0.6 is 11.3 Å². The molecule has 21 heavy (non-hydrogen) atoms. The Hall–Kier alpha value is -1.37. The average molecular weight is 306 g/mol. The summed E-state index contributed by atoms with van der Waals surface area (Å²) in [7, 11) is 0. The molecule has 1 atom stereocenters. The monoisotopic (exact) mass is 306 g/mol. The summed E-state index contributed by atoms with van der Waals surface area (Å²) in [5, 5.41) is 4.47. The lowest BCUT2D eigenvalue weighted by molar-refractivity contribution is 0.185. The lowest BCUT2D eigenvalue weighted by Gasteiger charge is -2.31. The number of rotatable bonds is 3. The maximum Gasteiger partial charge on any atom is 0.141 e. The van der Waals surface area contributed by atoms with E-state index >= 15 is 0 Å². The molecule has 0 bridgehead atoms. The van der Waals surface area contributed by atoms with Gasteiger partial charge in [0.2, 0.25) is 0 Å². The van der Waals surface area contributed by atoms with Crippen molar-refractivity contribution in [2.45, 2.75) is 19.9 Å². The number of nitrogens with one attached hydrogen (secondary N) is 1. The molecule has 1 aliphatic rings. The number of pyridine rings is 1. The predicted octanol–water partition coefficient (Wildman–Crippen LogP) is 2.62. The van der Waals surface area contributed by atoms with E-state index in [0.717, 1.165) is 47.5 Å². The van der Waals surface area contributed by atoms with E-state index in [1.54, 1.807) is 17.4 Å². The summed E-state index contributed by atoms with van der Waals surface area (Å²) in [4.78, 5) is 12.5. The summed E-state index contributed by atoms with van der Waals surface area (Å²) >= 11 is 1.71. The van der Waals surface area contributed by atoms with Gasteiger partial charge in [0.05, 0.1) is 17.9 Å². The zero-order chi connectivity index (χ0) is 14.8. The van der Waals surface area contributed by atoms with Gasteiger partial charge in [-0.3, -0.25) is 9.88 Å². The summed E-state index contributed by atoms with van der Waals surface area (Å²) in [6.07, 6.45) is 1.24. The van der Waals surface area contributed by atoms with Gasteiger partial charge in [-0.2, -0.15) is 0 Å². The molecule has 2 aromatic heterocycles. The smallest absolute Gasteiger partial charge is 0.141 e. The normalized spacial score (nSPS) is 17.9. The van der Waals surface area contributed by atoms with Crippen LogP contribution in [0.1, 0.15) is 22.9 Å². The van der Waals surface area contributed by atoms with Crippen LogP contribution in [0.15, 0.2) is 18.3 Å². The maximum atomic E-state index is 13.0. The van der Waals surface area contributed by atoms with E-state index in [1.807, 2.05) is 6.92 Å². The van der Waals surface area contributed by atoms with E-state index in [0.29, 0.717) is 6.04 Å². The van der Waals surface area contributed by atoms with Gasteiger partial charge in [0.25, 0.3) is 0 Å². The third-order valence-electron chi connectivity index (χ3n) is 3.84. The van der Waals surface area contributed by atoms with Gasteiger partial charge in [-0.05, 0) is 26.0 Å². The Morgan fingerprint density at radius 1 is 1.33 bits per heavy atom. The van der Waals surface area contributed by atoms with Gasteiger partial charge < -0.3 is 5.32 Å². The minimum absolute atomic E-state index is 0.310. The molecular weight excluding hydrogens is 287 g/mol. The Balaban J connectivity index is 1.84. The van der Waals surface area contributed by atoms with Gasteiger partial charge in [0.15, 0.2) is 0 Å². The summed E-state index contributed by atoms with van der Waals surface area (Å²) in [5.74, 6) is -0.318. The number of aromatic nitrogens is 2. The average Bonchev–Trinajstić information content (AvgIpc) is 2.90.